The molecule has 0 bridgehead atoms. The normalized spacial score (nSPS) is 33.3. The van der Waals surface area contributed by atoms with Crippen LogP contribution in [0.2, 0.25) is 0 Å². The SMILES string of the molecule is C/C=C1\C(=C/[C@@H](C)CN[C@@H](O)C(F)(F)C2=CCCC(CN3CCOCC3)=C2)CN(C2CC[C@H](O)N[C@@H]2O)[C@H]1O. The Morgan fingerprint density at radius 3 is 2.67 bits per heavy atom. The smallest absolute Gasteiger partial charge is 0.311 e. The molecule has 1 aliphatic carbocycles. The summed E-state index contributed by atoms with van der Waals surface area (Å²) in [7, 11) is 0. The lowest BCUT2D eigenvalue weighted by atomic mass is 9.94. The first-order chi connectivity index (χ1) is 18.6. The summed E-state index contributed by atoms with van der Waals surface area (Å²) < 4.78 is 35.8. The molecule has 4 aliphatic rings. The molecule has 6 atom stereocenters. The van der Waals surface area contributed by atoms with Gasteiger partial charge in [-0.1, -0.05) is 36.8 Å². The fourth-order valence-electron chi connectivity index (χ4n) is 5.88. The second-order valence-electron chi connectivity index (χ2n) is 11.1. The zero-order chi connectivity index (χ0) is 28.2. The number of piperidine rings is 1. The maximum absolute atomic E-state index is 15.2. The average molecular weight is 555 g/mol. The van der Waals surface area contributed by atoms with Crippen molar-refractivity contribution in [3.8, 4) is 0 Å². The van der Waals surface area contributed by atoms with E-state index >= 15 is 8.78 Å². The molecule has 220 valence electrons. The van der Waals surface area contributed by atoms with Crippen LogP contribution in [0.3, 0.4) is 0 Å². The van der Waals surface area contributed by atoms with Crippen molar-refractivity contribution < 1.29 is 33.9 Å². The average Bonchev–Trinajstić information content (AvgIpc) is 3.22. The highest BCUT2D eigenvalue weighted by atomic mass is 19.3. The molecule has 0 aromatic rings. The van der Waals surface area contributed by atoms with Gasteiger partial charge in [0.1, 0.15) is 18.7 Å². The minimum Gasteiger partial charge on any atom is -0.379 e. The Labute approximate surface area is 229 Å². The first kappa shape index (κ1) is 30.4. The van der Waals surface area contributed by atoms with Crippen LogP contribution < -0.4 is 10.6 Å². The zero-order valence-corrected chi connectivity index (χ0v) is 22.9. The molecule has 3 saturated heterocycles. The summed E-state index contributed by atoms with van der Waals surface area (Å²) in [6.07, 6.45) is 4.30. The van der Waals surface area contributed by atoms with E-state index in [4.69, 9.17) is 4.74 Å². The standard InChI is InChI=1S/C28H44F2N4O5/c1-3-22-20(17-34(26(22)37)23-7-8-24(35)32-25(23)36)13-18(2)15-31-27(38)28(29,30)21-6-4-5-19(14-21)16-33-9-11-39-12-10-33/h3,6,13-14,18,23-27,31-32,35-38H,4-5,7-12,15-17H2,1-2H3/b20-13-,22-3+/t18-,23?,24+,25-,26+,27+/m1/s1. The Morgan fingerprint density at radius 1 is 1.23 bits per heavy atom. The highest BCUT2D eigenvalue weighted by Crippen LogP contribution is 2.35. The largest absolute Gasteiger partial charge is 0.379 e. The van der Waals surface area contributed by atoms with Gasteiger partial charge in [0.25, 0.3) is 0 Å². The van der Waals surface area contributed by atoms with E-state index in [0.29, 0.717) is 51.1 Å². The Kier molecular flexibility index (Phi) is 10.5. The lowest BCUT2D eigenvalue weighted by Gasteiger charge is -2.38. The first-order valence-corrected chi connectivity index (χ1v) is 14.0. The molecule has 9 nitrogen and oxygen atoms in total. The number of halogens is 2. The lowest BCUT2D eigenvalue weighted by Crippen LogP contribution is -2.58. The van der Waals surface area contributed by atoms with Crippen molar-refractivity contribution in [3.05, 3.63) is 46.6 Å². The van der Waals surface area contributed by atoms with Crippen LogP contribution in [0.1, 0.15) is 39.5 Å². The summed E-state index contributed by atoms with van der Waals surface area (Å²) in [5.74, 6) is -3.65. The second kappa shape index (κ2) is 13.4. The second-order valence-corrected chi connectivity index (χ2v) is 11.1. The predicted molar refractivity (Wildman–Crippen MR) is 144 cm³/mol. The van der Waals surface area contributed by atoms with Crippen molar-refractivity contribution in [2.75, 3.05) is 45.9 Å². The molecule has 0 aromatic carbocycles. The number of likely N-dealkylation sites (tertiary alicyclic amines) is 1. The van der Waals surface area contributed by atoms with E-state index in [1.165, 1.54) is 12.2 Å². The molecular weight excluding hydrogens is 510 g/mol. The number of ether oxygens (including phenoxy) is 1. The number of morpholine rings is 1. The number of nitrogens with one attached hydrogen (secondary N) is 2. The van der Waals surface area contributed by atoms with E-state index in [1.54, 1.807) is 4.90 Å². The molecule has 3 aliphatic heterocycles. The summed E-state index contributed by atoms with van der Waals surface area (Å²) in [6.45, 7) is 7.69. The molecule has 1 unspecified atom stereocenters. The molecule has 0 saturated carbocycles. The summed E-state index contributed by atoms with van der Waals surface area (Å²) >= 11 is 0. The predicted octanol–water partition coefficient (Wildman–Crippen LogP) is 1.04. The summed E-state index contributed by atoms with van der Waals surface area (Å²) in [4.78, 5) is 3.99. The van der Waals surface area contributed by atoms with Crippen molar-refractivity contribution in [3.63, 3.8) is 0 Å². The van der Waals surface area contributed by atoms with Gasteiger partial charge >= 0.3 is 5.92 Å². The number of aliphatic hydroxyl groups is 4. The molecule has 0 aromatic heterocycles. The number of aliphatic hydroxyl groups excluding tert-OH is 4. The van der Waals surface area contributed by atoms with Gasteiger partial charge in [-0.15, -0.1) is 0 Å². The molecule has 3 fully saturated rings. The van der Waals surface area contributed by atoms with Gasteiger partial charge in [0.05, 0.1) is 19.3 Å². The third-order valence-corrected chi connectivity index (χ3v) is 8.08. The van der Waals surface area contributed by atoms with Crippen LogP contribution >= 0.6 is 0 Å². The van der Waals surface area contributed by atoms with Crippen molar-refractivity contribution in [1.82, 2.24) is 20.4 Å². The van der Waals surface area contributed by atoms with E-state index in [9.17, 15) is 20.4 Å². The quantitative estimate of drug-likeness (QED) is 0.232. The summed E-state index contributed by atoms with van der Waals surface area (Å²) in [6, 6.07) is -0.372. The number of allylic oxidation sites excluding steroid dienone is 3. The zero-order valence-electron chi connectivity index (χ0n) is 22.9. The Morgan fingerprint density at radius 2 is 1.97 bits per heavy atom. The fourth-order valence-corrected chi connectivity index (χ4v) is 5.88. The number of hydrogen-bond donors (Lipinski definition) is 6. The van der Waals surface area contributed by atoms with Gasteiger partial charge in [0.2, 0.25) is 0 Å². The molecule has 3 heterocycles. The highest BCUT2D eigenvalue weighted by molar-refractivity contribution is 5.40. The maximum Gasteiger partial charge on any atom is 0.311 e. The molecule has 0 amide bonds. The van der Waals surface area contributed by atoms with Gasteiger partial charge in [-0.25, -0.2) is 0 Å². The fraction of sp³-hybridized carbons (Fsp3) is 0.714. The highest BCUT2D eigenvalue weighted by Gasteiger charge is 2.43. The number of nitrogens with zero attached hydrogens (tertiary/aromatic N) is 2. The van der Waals surface area contributed by atoms with Crippen LogP contribution in [0.15, 0.2) is 46.6 Å². The number of hydrogen-bond acceptors (Lipinski definition) is 9. The Bertz CT molecular complexity index is 966. The molecule has 39 heavy (non-hydrogen) atoms. The van der Waals surface area contributed by atoms with Gasteiger partial charge in [0.15, 0.2) is 6.23 Å². The van der Waals surface area contributed by atoms with Crippen molar-refractivity contribution in [1.29, 1.82) is 0 Å². The van der Waals surface area contributed by atoms with Crippen molar-refractivity contribution in [2.45, 2.75) is 76.4 Å². The molecular formula is C28H44F2N4O5. The molecule has 0 spiro atoms. The van der Waals surface area contributed by atoms with Crippen molar-refractivity contribution in [2.24, 2.45) is 5.92 Å². The third-order valence-electron chi connectivity index (χ3n) is 8.08. The summed E-state index contributed by atoms with van der Waals surface area (Å²) in [5, 5.41) is 46.8. The first-order valence-electron chi connectivity index (χ1n) is 14.0. The van der Waals surface area contributed by atoms with E-state index in [0.717, 1.165) is 30.7 Å². The lowest BCUT2D eigenvalue weighted by molar-refractivity contribution is -0.0923. The number of rotatable bonds is 9. The minimum atomic E-state index is -3.44. The van der Waals surface area contributed by atoms with E-state index in [1.807, 2.05) is 26.0 Å². The van der Waals surface area contributed by atoms with Crippen LogP contribution in [0.5, 0.6) is 0 Å². The van der Waals surface area contributed by atoms with Gasteiger partial charge in [-0.05, 0) is 49.7 Å². The maximum atomic E-state index is 15.2. The monoisotopic (exact) mass is 554 g/mol. The van der Waals surface area contributed by atoms with Crippen LogP contribution in [-0.4, -0.2) is 113 Å². The van der Waals surface area contributed by atoms with Crippen LogP contribution in [0.25, 0.3) is 0 Å². The topological polar surface area (TPSA) is 121 Å². The van der Waals surface area contributed by atoms with E-state index in [2.05, 4.69) is 15.5 Å². The molecule has 6 N–H and O–H groups in total. The van der Waals surface area contributed by atoms with Crippen LogP contribution in [0, 0.1) is 5.92 Å². The molecule has 4 rings (SSSR count). The number of alkyl halides is 2. The third kappa shape index (κ3) is 7.41. The minimum absolute atomic E-state index is 0.116. The van der Waals surface area contributed by atoms with Crippen LogP contribution in [0.4, 0.5) is 8.78 Å². The molecule has 11 heteroatoms. The Hall–Kier alpha value is -1.54. The van der Waals surface area contributed by atoms with E-state index < -0.39 is 30.8 Å². The van der Waals surface area contributed by atoms with Crippen LogP contribution in [-0.2, 0) is 4.74 Å². The van der Waals surface area contributed by atoms with Gasteiger partial charge in [0, 0.05) is 38.3 Å². The summed E-state index contributed by atoms with van der Waals surface area (Å²) in [5.41, 5.74) is 2.34. The molecule has 0 radical (unpaired) electrons. The van der Waals surface area contributed by atoms with Gasteiger partial charge < -0.3 is 25.2 Å². The van der Waals surface area contributed by atoms with Crippen molar-refractivity contribution >= 4 is 0 Å². The Balaban J connectivity index is 1.34. The van der Waals surface area contributed by atoms with Gasteiger partial charge in [-0.3, -0.25) is 20.4 Å². The van der Waals surface area contributed by atoms with E-state index in [-0.39, 0.29) is 24.1 Å². The van der Waals surface area contributed by atoms with Gasteiger partial charge in [-0.2, -0.15) is 8.78 Å².